The number of nitrogens with zero attached hydrogens (tertiary/aromatic N) is 3. The molecule has 0 spiro atoms. The summed E-state index contributed by atoms with van der Waals surface area (Å²) in [7, 11) is -4.92. The third-order valence-electron chi connectivity index (χ3n) is 1.70. The van der Waals surface area contributed by atoms with E-state index in [1.54, 1.807) is 30.3 Å². The first-order valence-corrected chi connectivity index (χ1v) is 5.73. The van der Waals surface area contributed by atoms with Crippen molar-refractivity contribution in [3.63, 3.8) is 0 Å². The summed E-state index contributed by atoms with van der Waals surface area (Å²) in [6, 6.07) is 8.17. The molecule has 0 fully saturated rings. The Morgan fingerprint density at radius 1 is 1.35 bits per heavy atom. The summed E-state index contributed by atoms with van der Waals surface area (Å²) in [6.07, 6.45) is 1.07. The highest BCUT2D eigenvalue weighted by atomic mass is 32.2. The van der Waals surface area contributed by atoms with Gasteiger partial charge >= 0.3 is 15.2 Å². The normalized spacial score (nSPS) is 11.7. The summed E-state index contributed by atoms with van der Waals surface area (Å²) in [4.78, 5) is 13.5. The first-order valence-electron chi connectivity index (χ1n) is 4.29. The Kier molecular flexibility index (Phi) is 4.00. The van der Waals surface area contributed by atoms with Crippen LogP contribution in [0, 0.1) is 0 Å². The van der Waals surface area contributed by atoms with Gasteiger partial charge < -0.3 is 0 Å². The predicted octanol–water partition coefficient (Wildman–Crippen LogP) is 1.75. The van der Waals surface area contributed by atoms with E-state index < -0.39 is 20.9 Å². The molecule has 8 heteroatoms. The molecule has 1 aromatic carbocycles. The third-order valence-corrected chi connectivity index (χ3v) is 2.38. The number of benzene rings is 1. The van der Waals surface area contributed by atoms with Gasteiger partial charge in [-0.3, -0.25) is 9.35 Å². The van der Waals surface area contributed by atoms with E-state index in [2.05, 4.69) is 10.0 Å². The average molecular weight is 253 g/mol. The summed E-state index contributed by atoms with van der Waals surface area (Å²) in [5.74, 6) is 0. The summed E-state index contributed by atoms with van der Waals surface area (Å²) in [5.41, 5.74) is 7.99. The highest BCUT2D eigenvalue weighted by Gasteiger charge is 2.22. The molecular weight excluding hydrogens is 246 g/mol. The third kappa shape index (κ3) is 3.72. The van der Waals surface area contributed by atoms with Crippen LogP contribution in [0.3, 0.4) is 0 Å². The Hall–Kier alpha value is -2.15. The fourth-order valence-corrected chi connectivity index (χ4v) is 1.38. The number of azide groups is 1. The maximum absolute atomic E-state index is 11.2. The SMILES string of the molecule is [N-]=[N+]=NC(=Cc1ccccc1)C(=O)S(=O)(=O)O. The van der Waals surface area contributed by atoms with Crippen LogP contribution in [-0.4, -0.2) is 18.1 Å². The molecule has 0 aliphatic rings. The van der Waals surface area contributed by atoms with Gasteiger partial charge in [0.05, 0.1) is 0 Å². The Balaban J connectivity index is 3.25. The van der Waals surface area contributed by atoms with Gasteiger partial charge in [0, 0.05) is 4.91 Å². The van der Waals surface area contributed by atoms with Crippen molar-refractivity contribution >= 4 is 21.3 Å². The Labute approximate surface area is 96.8 Å². The molecule has 0 aliphatic heterocycles. The lowest BCUT2D eigenvalue weighted by atomic mass is 10.2. The Morgan fingerprint density at radius 3 is 2.41 bits per heavy atom. The Bertz CT molecular complexity index is 600. The number of hydrogen-bond donors (Lipinski definition) is 1. The minimum atomic E-state index is -4.92. The lowest BCUT2D eigenvalue weighted by Crippen LogP contribution is -2.14. The van der Waals surface area contributed by atoms with Crippen molar-refractivity contribution < 1.29 is 17.8 Å². The second-order valence-corrected chi connectivity index (χ2v) is 4.21. The van der Waals surface area contributed by atoms with E-state index in [0.29, 0.717) is 5.56 Å². The zero-order chi connectivity index (χ0) is 12.9. The molecule has 0 unspecified atom stereocenters. The lowest BCUT2D eigenvalue weighted by Gasteiger charge is -1.97. The predicted molar refractivity (Wildman–Crippen MR) is 60.1 cm³/mol. The van der Waals surface area contributed by atoms with Gasteiger partial charge in [-0.25, -0.2) is 0 Å². The molecule has 0 atom stereocenters. The van der Waals surface area contributed by atoms with Crippen molar-refractivity contribution in [2.75, 3.05) is 0 Å². The first-order chi connectivity index (χ1) is 7.95. The summed E-state index contributed by atoms with van der Waals surface area (Å²) >= 11 is 0. The maximum atomic E-state index is 11.2. The van der Waals surface area contributed by atoms with E-state index in [1.807, 2.05) is 0 Å². The van der Waals surface area contributed by atoms with E-state index in [0.717, 1.165) is 6.08 Å². The van der Waals surface area contributed by atoms with Gasteiger partial charge in [-0.2, -0.15) is 8.42 Å². The van der Waals surface area contributed by atoms with E-state index in [4.69, 9.17) is 10.1 Å². The monoisotopic (exact) mass is 253 g/mol. The average Bonchev–Trinajstić information content (AvgIpc) is 2.28. The van der Waals surface area contributed by atoms with E-state index in [9.17, 15) is 13.2 Å². The Morgan fingerprint density at radius 2 is 1.94 bits per heavy atom. The van der Waals surface area contributed by atoms with Crippen molar-refractivity contribution in [3.8, 4) is 0 Å². The van der Waals surface area contributed by atoms with Gasteiger partial charge in [-0.15, -0.1) is 0 Å². The fraction of sp³-hybridized carbons (Fsp3) is 0. The minimum Gasteiger partial charge on any atom is -0.279 e. The largest absolute Gasteiger partial charge is 0.333 e. The maximum Gasteiger partial charge on any atom is 0.333 e. The highest BCUT2D eigenvalue weighted by Crippen LogP contribution is 2.11. The van der Waals surface area contributed by atoms with E-state index in [1.165, 1.54) is 0 Å². The number of rotatable bonds is 3. The molecule has 1 rings (SSSR count). The van der Waals surface area contributed by atoms with Crippen molar-refractivity contribution in [1.29, 1.82) is 0 Å². The fourth-order valence-electron chi connectivity index (χ4n) is 1.02. The number of carbonyl (C=O) groups is 1. The summed E-state index contributed by atoms with van der Waals surface area (Å²) < 4.78 is 29.8. The molecule has 0 saturated heterocycles. The lowest BCUT2D eigenvalue weighted by molar-refractivity contribution is -0.109. The van der Waals surface area contributed by atoms with Crippen LogP contribution < -0.4 is 0 Å². The van der Waals surface area contributed by atoms with Crippen LogP contribution in [0.1, 0.15) is 5.56 Å². The van der Waals surface area contributed by atoms with Gasteiger partial charge in [0.2, 0.25) is 0 Å². The first kappa shape index (κ1) is 12.9. The van der Waals surface area contributed by atoms with Crippen LogP contribution in [0.2, 0.25) is 0 Å². The van der Waals surface area contributed by atoms with Gasteiger partial charge in [0.25, 0.3) is 0 Å². The standard InChI is InChI=1S/C9H7N3O4S/c10-12-11-8(9(13)17(14,15)16)6-7-4-2-1-3-5-7/h1-6H,(H,14,15,16). The van der Waals surface area contributed by atoms with Gasteiger partial charge in [0.1, 0.15) is 5.70 Å². The molecule has 0 amide bonds. The molecule has 0 aromatic heterocycles. The summed E-state index contributed by atoms with van der Waals surface area (Å²) in [6.45, 7) is 0. The van der Waals surface area contributed by atoms with E-state index >= 15 is 0 Å². The second-order valence-electron chi connectivity index (χ2n) is 2.89. The van der Waals surface area contributed by atoms with Crippen LogP contribution in [0.4, 0.5) is 0 Å². The molecule has 1 aromatic rings. The van der Waals surface area contributed by atoms with Crippen molar-refractivity contribution in [3.05, 3.63) is 52.0 Å². The number of hydrogen-bond acceptors (Lipinski definition) is 4. The quantitative estimate of drug-likeness (QED) is 0.290. The number of carbonyl (C=O) groups excluding carboxylic acids is 1. The molecule has 0 aliphatic carbocycles. The van der Waals surface area contributed by atoms with Crippen LogP contribution >= 0.6 is 0 Å². The van der Waals surface area contributed by atoms with Crippen LogP contribution in [0.15, 0.2) is 41.1 Å². The topological polar surface area (TPSA) is 120 Å². The van der Waals surface area contributed by atoms with E-state index in [-0.39, 0.29) is 0 Å². The molecule has 0 radical (unpaired) electrons. The molecule has 0 bridgehead atoms. The molecule has 17 heavy (non-hydrogen) atoms. The van der Waals surface area contributed by atoms with Crippen molar-refractivity contribution in [1.82, 2.24) is 0 Å². The molecule has 1 N–H and O–H groups in total. The smallest absolute Gasteiger partial charge is 0.279 e. The second kappa shape index (κ2) is 5.26. The molecule has 88 valence electrons. The van der Waals surface area contributed by atoms with Crippen molar-refractivity contribution in [2.24, 2.45) is 5.11 Å². The highest BCUT2D eigenvalue weighted by molar-refractivity contribution is 8.01. The molecule has 7 nitrogen and oxygen atoms in total. The van der Waals surface area contributed by atoms with Gasteiger partial charge in [-0.1, -0.05) is 35.4 Å². The minimum absolute atomic E-state index is 0.465. The molecular formula is C9H7N3O4S. The van der Waals surface area contributed by atoms with Crippen LogP contribution in [0.25, 0.3) is 16.5 Å². The van der Waals surface area contributed by atoms with Crippen LogP contribution in [-0.2, 0) is 14.9 Å². The van der Waals surface area contributed by atoms with Gasteiger partial charge in [-0.05, 0) is 17.2 Å². The van der Waals surface area contributed by atoms with Gasteiger partial charge in [0.15, 0.2) is 0 Å². The summed E-state index contributed by atoms with van der Waals surface area (Å²) in [5, 5.41) is 1.30. The van der Waals surface area contributed by atoms with Crippen molar-refractivity contribution in [2.45, 2.75) is 0 Å². The zero-order valence-electron chi connectivity index (χ0n) is 8.39. The zero-order valence-corrected chi connectivity index (χ0v) is 9.20. The molecule has 0 saturated carbocycles. The van der Waals surface area contributed by atoms with Crippen LogP contribution in [0.5, 0.6) is 0 Å². The molecule has 0 heterocycles.